The van der Waals surface area contributed by atoms with Crippen molar-refractivity contribution >= 4 is 12.6 Å². The van der Waals surface area contributed by atoms with Gasteiger partial charge in [-0.15, -0.1) is 0 Å². The lowest BCUT2D eigenvalue weighted by atomic mass is 9.70. The van der Waals surface area contributed by atoms with Crippen LogP contribution in [0.15, 0.2) is 0 Å². The molecule has 0 saturated heterocycles. The molecule has 1 aliphatic carbocycles. The van der Waals surface area contributed by atoms with Gasteiger partial charge in [0.25, 0.3) is 0 Å². The number of alkyl halides is 3. The molecule has 15 heavy (non-hydrogen) atoms. The van der Waals surface area contributed by atoms with Crippen LogP contribution in [0, 0.1) is 5.41 Å². The summed E-state index contributed by atoms with van der Waals surface area (Å²) in [6.07, 6.45) is -1.36. The van der Waals surface area contributed by atoms with Crippen molar-refractivity contribution in [3.8, 4) is 0 Å². The summed E-state index contributed by atoms with van der Waals surface area (Å²) in [6, 6.07) is 0. The third-order valence-electron chi connectivity index (χ3n) is 3.13. The normalized spacial score (nSPS) is 20.4. The molecule has 0 bridgehead atoms. The molecule has 0 N–H and O–H groups in total. The van der Waals surface area contributed by atoms with Crippen molar-refractivity contribution in [2.45, 2.75) is 31.9 Å². The van der Waals surface area contributed by atoms with Crippen LogP contribution in [0.2, 0.25) is 0 Å². The highest BCUT2D eigenvalue weighted by molar-refractivity contribution is 7.80. The van der Waals surface area contributed by atoms with Gasteiger partial charge in [0, 0.05) is 13.1 Å². The summed E-state index contributed by atoms with van der Waals surface area (Å²) in [5.41, 5.74) is 0.184. The average Bonchev–Trinajstić information content (AvgIpc) is 2.07. The molecule has 1 aliphatic rings. The van der Waals surface area contributed by atoms with E-state index >= 15 is 0 Å². The minimum Gasteiger partial charge on any atom is -0.305 e. The van der Waals surface area contributed by atoms with Crippen molar-refractivity contribution < 1.29 is 13.2 Å². The molecule has 0 radical (unpaired) electrons. The van der Waals surface area contributed by atoms with Gasteiger partial charge in [-0.3, -0.25) is 0 Å². The molecular formula is C10H18F3NS. The molecule has 1 fully saturated rings. The number of hydrogen-bond acceptors (Lipinski definition) is 2. The molecule has 5 heteroatoms. The summed E-state index contributed by atoms with van der Waals surface area (Å²) < 4.78 is 36.0. The number of hydrogen-bond donors (Lipinski definition) is 1. The molecule has 0 aromatic rings. The van der Waals surface area contributed by atoms with E-state index < -0.39 is 12.6 Å². The lowest BCUT2D eigenvalue weighted by Gasteiger charge is -2.43. The molecule has 0 aliphatic heterocycles. The zero-order valence-corrected chi connectivity index (χ0v) is 9.87. The van der Waals surface area contributed by atoms with E-state index in [1.165, 1.54) is 6.42 Å². The predicted molar refractivity (Wildman–Crippen MR) is 58.3 cm³/mol. The second kappa shape index (κ2) is 4.95. The van der Waals surface area contributed by atoms with Crippen LogP contribution in [-0.2, 0) is 0 Å². The molecule has 90 valence electrons. The van der Waals surface area contributed by atoms with Gasteiger partial charge in [0.15, 0.2) is 0 Å². The Morgan fingerprint density at radius 3 is 2.27 bits per heavy atom. The summed E-state index contributed by atoms with van der Waals surface area (Å²) in [7, 11) is 1.76. The van der Waals surface area contributed by atoms with Crippen molar-refractivity contribution in [2.75, 3.05) is 25.9 Å². The number of nitrogens with zero attached hydrogens (tertiary/aromatic N) is 1. The Bertz CT molecular complexity index is 196. The van der Waals surface area contributed by atoms with Gasteiger partial charge in [-0.2, -0.15) is 25.8 Å². The van der Waals surface area contributed by atoms with Crippen LogP contribution >= 0.6 is 12.6 Å². The first kappa shape index (κ1) is 13.2. The molecule has 0 amide bonds. The van der Waals surface area contributed by atoms with E-state index in [4.69, 9.17) is 0 Å². The van der Waals surface area contributed by atoms with Crippen LogP contribution in [0.5, 0.6) is 0 Å². The molecule has 1 saturated carbocycles. The first-order chi connectivity index (χ1) is 6.87. The van der Waals surface area contributed by atoms with Crippen molar-refractivity contribution in [2.24, 2.45) is 5.41 Å². The van der Waals surface area contributed by atoms with Crippen LogP contribution in [0.1, 0.15) is 25.7 Å². The van der Waals surface area contributed by atoms with Crippen LogP contribution in [0.3, 0.4) is 0 Å². The largest absolute Gasteiger partial charge is 0.390 e. The van der Waals surface area contributed by atoms with E-state index in [-0.39, 0.29) is 12.0 Å². The molecule has 0 atom stereocenters. The first-order valence-corrected chi connectivity index (χ1v) is 5.86. The smallest absolute Gasteiger partial charge is 0.305 e. The predicted octanol–water partition coefficient (Wildman–Crippen LogP) is 2.97. The molecular weight excluding hydrogens is 223 g/mol. The van der Waals surface area contributed by atoms with Crippen LogP contribution in [-0.4, -0.2) is 37.0 Å². The maximum atomic E-state index is 12.0. The Labute approximate surface area is 94.4 Å². The van der Waals surface area contributed by atoms with Gasteiger partial charge in [0.1, 0.15) is 0 Å². The highest BCUT2D eigenvalue weighted by Crippen LogP contribution is 2.42. The fraction of sp³-hybridized carbons (Fsp3) is 1.00. The second-order valence-corrected chi connectivity index (χ2v) is 4.93. The standard InChI is InChI=1S/C10H18F3NS/c1-14(6-5-10(11,12)13)7-9(8-15)3-2-4-9/h15H,2-8H2,1H3. The van der Waals surface area contributed by atoms with Gasteiger partial charge < -0.3 is 4.90 Å². The quantitative estimate of drug-likeness (QED) is 0.724. The van der Waals surface area contributed by atoms with Crippen molar-refractivity contribution in [1.29, 1.82) is 0 Å². The summed E-state index contributed by atoms with van der Waals surface area (Å²) in [5, 5.41) is 0. The van der Waals surface area contributed by atoms with Crippen molar-refractivity contribution in [1.82, 2.24) is 4.90 Å². The fourth-order valence-corrected chi connectivity index (χ4v) is 2.43. The topological polar surface area (TPSA) is 3.24 Å². The molecule has 0 aromatic carbocycles. The Kier molecular flexibility index (Phi) is 4.35. The van der Waals surface area contributed by atoms with E-state index in [0.29, 0.717) is 0 Å². The SMILES string of the molecule is CN(CCC(F)(F)F)CC1(CS)CCC1. The van der Waals surface area contributed by atoms with Gasteiger partial charge in [0.05, 0.1) is 6.42 Å². The van der Waals surface area contributed by atoms with Gasteiger partial charge in [-0.05, 0) is 31.1 Å². The summed E-state index contributed by atoms with van der Waals surface area (Å²) in [4.78, 5) is 1.78. The van der Waals surface area contributed by atoms with Crippen molar-refractivity contribution in [3.63, 3.8) is 0 Å². The first-order valence-electron chi connectivity index (χ1n) is 5.23. The number of thiol groups is 1. The summed E-state index contributed by atoms with van der Waals surface area (Å²) in [5.74, 6) is 0.781. The minimum atomic E-state index is -4.04. The third-order valence-corrected chi connectivity index (χ3v) is 3.80. The minimum absolute atomic E-state index is 0.0963. The zero-order valence-electron chi connectivity index (χ0n) is 8.98. The molecule has 0 aromatic heterocycles. The summed E-state index contributed by atoms with van der Waals surface area (Å²) in [6.45, 7) is 0.839. The van der Waals surface area contributed by atoms with E-state index in [1.807, 2.05) is 0 Å². The van der Waals surface area contributed by atoms with Crippen LogP contribution in [0.4, 0.5) is 13.2 Å². The second-order valence-electron chi connectivity index (χ2n) is 4.61. The maximum absolute atomic E-state index is 12.0. The number of halogens is 3. The fourth-order valence-electron chi connectivity index (χ4n) is 2.01. The highest BCUT2D eigenvalue weighted by atomic mass is 32.1. The lowest BCUT2D eigenvalue weighted by molar-refractivity contribution is -0.138. The Balaban J connectivity index is 2.26. The van der Waals surface area contributed by atoms with Crippen LogP contribution in [0.25, 0.3) is 0 Å². The Hall–Kier alpha value is 0.100. The number of rotatable bonds is 5. The van der Waals surface area contributed by atoms with Gasteiger partial charge >= 0.3 is 6.18 Å². The van der Waals surface area contributed by atoms with E-state index in [9.17, 15) is 13.2 Å². The molecule has 1 rings (SSSR count). The Morgan fingerprint density at radius 2 is 1.93 bits per heavy atom. The average molecular weight is 241 g/mol. The van der Waals surface area contributed by atoms with E-state index in [0.717, 1.165) is 25.1 Å². The monoisotopic (exact) mass is 241 g/mol. The van der Waals surface area contributed by atoms with Crippen molar-refractivity contribution in [3.05, 3.63) is 0 Å². The van der Waals surface area contributed by atoms with E-state index in [2.05, 4.69) is 12.6 Å². The molecule has 0 unspecified atom stereocenters. The zero-order chi connectivity index (χ0) is 11.5. The highest BCUT2D eigenvalue weighted by Gasteiger charge is 2.37. The third kappa shape index (κ3) is 4.23. The van der Waals surface area contributed by atoms with E-state index in [1.54, 1.807) is 11.9 Å². The van der Waals surface area contributed by atoms with Gasteiger partial charge in [-0.25, -0.2) is 0 Å². The lowest BCUT2D eigenvalue weighted by Crippen LogP contribution is -2.43. The molecule has 0 spiro atoms. The Morgan fingerprint density at radius 1 is 1.33 bits per heavy atom. The summed E-state index contributed by atoms with van der Waals surface area (Å²) >= 11 is 4.28. The van der Waals surface area contributed by atoms with Crippen LogP contribution < -0.4 is 0 Å². The van der Waals surface area contributed by atoms with Gasteiger partial charge in [0.2, 0.25) is 0 Å². The maximum Gasteiger partial charge on any atom is 0.390 e. The molecule has 1 nitrogen and oxygen atoms in total. The molecule has 0 heterocycles. The van der Waals surface area contributed by atoms with Gasteiger partial charge in [-0.1, -0.05) is 6.42 Å².